The Morgan fingerprint density at radius 1 is 1.00 bits per heavy atom. The maximum absolute atomic E-state index is 10.8. The van der Waals surface area contributed by atoms with Gasteiger partial charge in [-0.2, -0.15) is 0 Å². The maximum atomic E-state index is 10.8. The van der Waals surface area contributed by atoms with Crippen LogP contribution in [0.5, 0.6) is 0 Å². The fraction of sp³-hybridized carbons (Fsp3) is 0.0909. The topological polar surface area (TPSA) is 61.4 Å². The molecule has 142 valence electrons. The highest BCUT2D eigenvalue weighted by Gasteiger charge is 2.12. The number of para-hydroxylation sites is 2. The molecule has 3 aromatic rings. The highest BCUT2D eigenvalue weighted by molar-refractivity contribution is 7.81. The minimum atomic E-state index is -0.924. The van der Waals surface area contributed by atoms with Crippen molar-refractivity contribution in [1.29, 1.82) is 0 Å². The van der Waals surface area contributed by atoms with Crippen molar-refractivity contribution in [3.05, 3.63) is 88.4 Å². The van der Waals surface area contributed by atoms with Crippen molar-refractivity contribution < 1.29 is 9.90 Å². The predicted molar refractivity (Wildman–Crippen MR) is 119 cm³/mol. The molecule has 0 saturated carbocycles. The molecule has 0 aliphatic rings. The summed E-state index contributed by atoms with van der Waals surface area (Å²) in [4.78, 5) is 11.5. The number of nitrogens with one attached hydrogen (secondary N) is 2. The van der Waals surface area contributed by atoms with E-state index in [2.05, 4.69) is 10.6 Å². The zero-order valence-corrected chi connectivity index (χ0v) is 16.8. The van der Waals surface area contributed by atoms with Crippen molar-refractivity contribution in [2.75, 3.05) is 17.2 Å². The van der Waals surface area contributed by atoms with Crippen LogP contribution in [0.2, 0.25) is 5.02 Å². The van der Waals surface area contributed by atoms with Gasteiger partial charge in [-0.25, -0.2) is 0 Å². The molecule has 0 fully saturated rings. The fourth-order valence-electron chi connectivity index (χ4n) is 2.82. The molecular weight excluding hydrogens is 392 g/mol. The van der Waals surface area contributed by atoms with Crippen molar-refractivity contribution in [1.82, 2.24) is 0 Å². The molecule has 0 spiro atoms. The van der Waals surface area contributed by atoms with Gasteiger partial charge in [0.25, 0.3) is 0 Å². The van der Waals surface area contributed by atoms with E-state index in [1.165, 1.54) is 0 Å². The quantitative estimate of drug-likeness (QED) is 0.347. The Morgan fingerprint density at radius 3 is 2.36 bits per heavy atom. The molecule has 28 heavy (non-hydrogen) atoms. The summed E-state index contributed by atoms with van der Waals surface area (Å²) in [6, 6.07) is 21.0. The van der Waals surface area contributed by atoms with Crippen LogP contribution in [-0.4, -0.2) is 22.5 Å². The Bertz CT molecular complexity index is 1040. The lowest BCUT2D eigenvalue weighted by molar-refractivity contribution is -0.134. The Kier molecular flexibility index (Phi) is 6.29. The number of rotatable bonds is 7. The summed E-state index contributed by atoms with van der Waals surface area (Å²) in [6.45, 7) is 1.86. The number of aliphatic carboxylic acids is 1. The van der Waals surface area contributed by atoms with Crippen LogP contribution in [0.3, 0.4) is 0 Å². The van der Waals surface area contributed by atoms with Crippen molar-refractivity contribution in [2.24, 2.45) is 0 Å². The molecule has 0 heterocycles. The number of hydrogen-bond donors (Lipinski definition) is 3. The molecule has 0 amide bonds. The van der Waals surface area contributed by atoms with Gasteiger partial charge in [0.2, 0.25) is 0 Å². The third-order valence-electron chi connectivity index (χ3n) is 4.24. The first-order valence-electron chi connectivity index (χ1n) is 8.67. The molecule has 0 radical (unpaired) electrons. The van der Waals surface area contributed by atoms with Gasteiger partial charge in [0.1, 0.15) is 6.54 Å². The summed E-state index contributed by atoms with van der Waals surface area (Å²) < 4.78 is 0. The zero-order valence-electron chi connectivity index (χ0n) is 15.2. The second-order valence-electron chi connectivity index (χ2n) is 6.26. The van der Waals surface area contributed by atoms with Gasteiger partial charge in [-0.1, -0.05) is 60.2 Å². The van der Waals surface area contributed by atoms with Gasteiger partial charge < -0.3 is 15.7 Å². The molecule has 0 aromatic heterocycles. The van der Waals surface area contributed by atoms with Gasteiger partial charge in [-0.05, 0) is 48.4 Å². The van der Waals surface area contributed by atoms with Crippen LogP contribution in [0.1, 0.15) is 16.7 Å². The van der Waals surface area contributed by atoms with Gasteiger partial charge in [-0.15, -0.1) is 0 Å². The summed E-state index contributed by atoms with van der Waals surface area (Å²) in [5.74, 6) is -0.924. The standard InChI is InChI=1S/C22H19ClN2O2S/c1-14-6-2-3-7-16(14)22(28)17-11-10-15(12-18(17)23)25-20-9-5-4-8-19(20)24-13-21(26)27/h2-12,24-25H,13H2,1H3,(H,26,27). The molecular formula is C22H19ClN2O2S. The number of hydrogen-bond acceptors (Lipinski definition) is 4. The molecule has 0 saturated heterocycles. The number of aryl methyl sites for hydroxylation is 1. The monoisotopic (exact) mass is 410 g/mol. The highest BCUT2D eigenvalue weighted by atomic mass is 35.5. The minimum absolute atomic E-state index is 0.164. The number of anilines is 3. The van der Waals surface area contributed by atoms with Gasteiger partial charge in [0.15, 0.2) is 0 Å². The van der Waals surface area contributed by atoms with E-state index in [9.17, 15) is 4.79 Å². The largest absolute Gasteiger partial charge is 0.480 e. The fourth-order valence-corrected chi connectivity index (χ4v) is 3.56. The summed E-state index contributed by atoms with van der Waals surface area (Å²) in [7, 11) is 0. The lowest BCUT2D eigenvalue weighted by Crippen LogP contribution is -2.13. The maximum Gasteiger partial charge on any atom is 0.322 e. The van der Waals surface area contributed by atoms with Crippen LogP contribution < -0.4 is 10.6 Å². The van der Waals surface area contributed by atoms with Crippen LogP contribution in [0.25, 0.3) is 0 Å². The molecule has 0 atom stereocenters. The van der Waals surface area contributed by atoms with E-state index in [-0.39, 0.29) is 6.54 Å². The van der Waals surface area contributed by atoms with Crippen LogP contribution >= 0.6 is 23.8 Å². The van der Waals surface area contributed by atoms with E-state index in [4.69, 9.17) is 28.9 Å². The van der Waals surface area contributed by atoms with Crippen molar-refractivity contribution in [2.45, 2.75) is 6.92 Å². The average molecular weight is 411 g/mol. The molecule has 6 heteroatoms. The first kappa shape index (κ1) is 19.9. The Hall–Kier alpha value is -2.89. The third kappa shape index (κ3) is 4.68. The summed E-state index contributed by atoms with van der Waals surface area (Å²) in [5, 5.41) is 15.6. The van der Waals surface area contributed by atoms with Crippen LogP contribution in [0, 0.1) is 6.92 Å². The average Bonchev–Trinajstić information content (AvgIpc) is 2.67. The van der Waals surface area contributed by atoms with Crippen molar-refractivity contribution in [3.63, 3.8) is 0 Å². The highest BCUT2D eigenvalue weighted by Crippen LogP contribution is 2.29. The van der Waals surface area contributed by atoms with Gasteiger partial charge in [-0.3, -0.25) is 4.79 Å². The molecule has 3 aromatic carbocycles. The summed E-state index contributed by atoms with van der Waals surface area (Å²) in [6.07, 6.45) is 0. The number of thiocarbonyl (C=S) groups is 1. The zero-order chi connectivity index (χ0) is 20.1. The number of benzene rings is 3. The number of carboxylic acids is 1. The van der Waals surface area contributed by atoms with E-state index in [1.54, 1.807) is 0 Å². The molecule has 0 aliphatic heterocycles. The van der Waals surface area contributed by atoms with Gasteiger partial charge >= 0.3 is 5.97 Å². The summed E-state index contributed by atoms with van der Waals surface area (Å²) in [5.41, 5.74) is 5.13. The molecule has 0 bridgehead atoms. The van der Waals surface area contributed by atoms with E-state index in [0.29, 0.717) is 15.6 Å². The first-order chi connectivity index (χ1) is 13.5. The SMILES string of the molecule is Cc1ccccc1C(=S)c1ccc(Nc2ccccc2NCC(=O)O)cc1Cl. The Balaban J connectivity index is 1.83. The lowest BCUT2D eigenvalue weighted by atomic mass is 10.00. The first-order valence-corrected chi connectivity index (χ1v) is 9.46. The van der Waals surface area contributed by atoms with Crippen LogP contribution in [0.15, 0.2) is 66.7 Å². The number of carboxylic acid groups (broad SMARTS) is 1. The van der Waals surface area contributed by atoms with E-state index < -0.39 is 5.97 Å². The van der Waals surface area contributed by atoms with Crippen molar-refractivity contribution >= 4 is 51.7 Å². The van der Waals surface area contributed by atoms with Crippen LogP contribution in [0.4, 0.5) is 17.1 Å². The second kappa shape index (κ2) is 8.87. The number of carbonyl (C=O) groups is 1. The van der Waals surface area contributed by atoms with Crippen LogP contribution in [-0.2, 0) is 4.79 Å². The molecule has 0 unspecified atom stereocenters. The molecule has 4 nitrogen and oxygen atoms in total. The van der Waals surface area contributed by atoms with E-state index >= 15 is 0 Å². The Morgan fingerprint density at radius 2 is 1.68 bits per heavy atom. The van der Waals surface area contributed by atoms with E-state index in [1.807, 2.05) is 73.7 Å². The lowest BCUT2D eigenvalue weighted by Gasteiger charge is -2.15. The smallest absolute Gasteiger partial charge is 0.322 e. The third-order valence-corrected chi connectivity index (χ3v) is 4.99. The molecule has 0 aliphatic carbocycles. The molecule has 3 N–H and O–H groups in total. The van der Waals surface area contributed by atoms with Crippen molar-refractivity contribution in [3.8, 4) is 0 Å². The minimum Gasteiger partial charge on any atom is -0.480 e. The Labute approximate surface area is 174 Å². The summed E-state index contributed by atoms with van der Waals surface area (Å²) >= 11 is 12.2. The normalized spacial score (nSPS) is 10.4. The second-order valence-corrected chi connectivity index (χ2v) is 7.07. The molecule has 3 rings (SSSR count). The predicted octanol–water partition coefficient (Wildman–Crippen LogP) is 5.65. The van der Waals surface area contributed by atoms with Gasteiger partial charge in [0.05, 0.1) is 21.3 Å². The van der Waals surface area contributed by atoms with E-state index in [0.717, 1.165) is 28.1 Å². The van der Waals surface area contributed by atoms with Gasteiger partial charge in [0, 0.05) is 11.3 Å². The number of halogens is 1.